The van der Waals surface area contributed by atoms with Crippen LogP contribution in [0.2, 0.25) is 0 Å². The van der Waals surface area contributed by atoms with Crippen LogP contribution in [0.5, 0.6) is 0 Å². The number of nitrogens with two attached hydrogens (primary N) is 1. The van der Waals surface area contributed by atoms with Gasteiger partial charge in [0.05, 0.1) is 12.3 Å². The van der Waals surface area contributed by atoms with Crippen molar-refractivity contribution in [1.82, 2.24) is 9.78 Å². The van der Waals surface area contributed by atoms with Crippen molar-refractivity contribution in [3.63, 3.8) is 0 Å². The number of aromatic nitrogens is 2. The highest BCUT2D eigenvalue weighted by Crippen LogP contribution is 2.22. The molecule has 3 N–H and O–H groups in total. The van der Waals surface area contributed by atoms with Gasteiger partial charge in [-0.25, -0.2) is 0 Å². The molecule has 92 valence electrons. The van der Waals surface area contributed by atoms with E-state index in [-0.39, 0.29) is 12.0 Å². The molecule has 1 heterocycles. The van der Waals surface area contributed by atoms with Crippen LogP contribution in [-0.2, 0) is 18.9 Å². The second-order valence-corrected chi connectivity index (χ2v) is 5.88. The van der Waals surface area contributed by atoms with Crippen molar-refractivity contribution in [2.24, 2.45) is 12.8 Å². The maximum atomic E-state index is 9.16. The molecule has 0 saturated carbocycles. The van der Waals surface area contributed by atoms with Gasteiger partial charge in [-0.05, 0) is 13.0 Å². The van der Waals surface area contributed by atoms with Gasteiger partial charge in [-0.2, -0.15) is 5.10 Å². The first-order valence-corrected chi connectivity index (χ1v) is 5.59. The zero-order valence-electron chi connectivity index (χ0n) is 10.9. The molecule has 4 nitrogen and oxygen atoms in total. The Hall–Kier alpha value is -0.870. The molecule has 0 amide bonds. The van der Waals surface area contributed by atoms with Gasteiger partial charge >= 0.3 is 0 Å². The summed E-state index contributed by atoms with van der Waals surface area (Å²) in [6.07, 6.45) is 0.628. The Balaban J connectivity index is 2.95. The lowest BCUT2D eigenvalue weighted by Gasteiger charge is -2.21. The Morgan fingerprint density at radius 3 is 2.31 bits per heavy atom. The number of hydrogen-bond acceptors (Lipinski definition) is 3. The van der Waals surface area contributed by atoms with E-state index in [2.05, 4.69) is 31.9 Å². The Morgan fingerprint density at radius 1 is 1.38 bits per heavy atom. The van der Waals surface area contributed by atoms with Gasteiger partial charge in [-0.15, -0.1) is 0 Å². The molecule has 1 unspecified atom stereocenters. The molecule has 4 heteroatoms. The van der Waals surface area contributed by atoms with Gasteiger partial charge < -0.3 is 10.8 Å². The Morgan fingerprint density at radius 2 is 1.94 bits per heavy atom. The molecule has 16 heavy (non-hydrogen) atoms. The van der Waals surface area contributed by atoms with Gasteiger partial charge in [0, 0.05) is 30.1 Å². The molecule has 0 saturated heterocycles. The maximum absolute atomic E-state index is 9.16. The second kappa shape index (κ2) is 4.18. The lowest BCUT2D eigenvalue weighted by atomic mass is 9.91. The number of aliphatic hydroxyl groups excluding tert-OH is 1. The number of rotatable bonds is 3. The molecule has 1 aromatic rings. The fourth-order valence-corrected chi connectivity index (χ4v) is 1.51. The van der Waals surface area contributed by atoms with Crippen molar-refractivity contribution in [3.8, 4) is 0 Å². The highest BCUT2D eigenvalue weighted by Gasteiger charge is 2.23. The molecule has 0 bridgehead atoms. The average molecular weight is 225 g/mol. The van der Waals surface area contributed by atoms with Crippen molar-refractivity contribution in [2.45, 2.75) is 45.1 Å². The smallest absolute Gasteiger partial charge is 0.0680 e. The fraction of sp³-hybridized carbons (Fsp3) is 0.750. The third kappa shape index (κ3) is 3.06. The van der Waals surface area contributed by atoms with Crippen molar-refractivity contribution < 1.29 is 5.11 Å². The topological polar surface area (TPSA) is 64.1 Å². The highest BCUT2D eigenvalue weighted by atomic mass is 16.3. The molecule has 0 aliphatic carbocycles. The fourth-order valence-electron chi connectivity index (χ4n) is 1.51. The zero-order valence-corrected chi connectivity index (χ0v) is 10.9. The van der Waals surface area contributed by atoms with Crippen LogP contribution >= 0.6 is 0 Å². The van der Waals surface area contributed by atoms with Crippen LogP contribution in [0, 0.1) is 0 Å². The Kier molecular flexibility index (Phi) is 3.45. The zero-order chi connectivity index (χ0) is 12.6. The van der Waals surface area contributed by atoms with E-state index in [1.807, 2.05) is 18.7 Å². The molecule has 0 radical (unpaired) electrons. The van der Waals surface area contributed by atoms with E-state index in [9.17, 15) is 0 Å². The average Bonchev–Trinajstić information content (AvgIpc) is 2.47. The largest absolute Gasteiger partial charge is 0.394 e. The third-order valence-electron chi connectivity index (χ3n) is 2.69. The van der Waals surface area contributed by atoms with E-state index in [0.29, 0.717) is 6.42 Å². The van der Waals surface area contributed by atoms with Crippen molar-refractivity contribution >= 4 is 0 Å². The van der Waals surface area contributed by atoms with E-state index in [0.717, 1.165) is 11.4 Å². The van der Waals surface area contributed by atoms with Crippen LogP contribution in [0.3, 0.4) is 0 Å². The molecule has 1 atom stereocenters. The van der Waals surface area contributed by atoms with E-state index in [4.69, 9.17) is 10.8 Å². The van der Waals surface area contributed by atoms with Crippen LogP contribution < -0.4 is 5.73 Å². The van der Waals surface area contributed by atoms with Gasteiger partial charge in [-0.1, -0.05) is 20.8 Å². The predicted molar refractivity (Wildman–Crippen MR) is 65.3 cm³/mol. The molecule has 0 fully saturated rings. The summed E-state index contributed by atoms with van der Waals surface area (Å²) in [7, 11) is 1.91. The van der Waals surface area contributed by atoms with E-state index >= 15 is 0 Å². The minimum Gasteiger partial charge on any atom is -0.394 e. The van der Waals surface area contributed by atoms with Crippen LogP contribution in [-0.4, -0.2) is 27.0 Å². The highest BCUT2D eigenvalue weighted by molar-refractivity contribution is 5.19. The number of aliphatic hydroxyl groups is 1. The molecule has 1 aromatic heterocycles. The molecular weight excluding hydrogens is 202 g/mol. The third-order valence-corrected chi connectivity index (χ3v) is 2.69. The lowest BCUT2D eigenvalue weighted by molar-refractivity contribution is 0.206. The summed E-state index contributed by atoms with van der Waals surface area (Å²) >= 11 is 0. The normalized spacial score (nSPS) is 16.2. The van der Waals surface area contributed by atoms with E-state index in [1.165, 1.54) is 0 Å². The minimum atomic E-state index is -0.580. The van der Waals surface area contributed by atoms with Crippen LogP contribution in [0.1, 0.15) is 39.1 Å². The summed E-state index contributed by atoms with van der Waals surface area (Å²) in [6, 6.07) is 2.07. The predicted octanol–water partition coefficient (Wildman–Crippen LogP) is 0.970. The molecular formula is C12H23N3O. The second-order valence-electron chi connectivity index (χ2n) is 5.88. The number of aryl methyl sites for hydroxylation is 1. The summed E-state index contributed by atoms with van der Waals surface area (Å²) in [5.41, 5.74) is 7.52. The maximum Gasteiger partial charge on any atom is 0.0680 e. The summed E-state index contributed by atoms with van der Waals surface area (Å²) < 4.78 is 1.85. The minimum absolute atomic E-state index is 0.0248. The molecule has 0 aromatic carbocycles. The van der Waals surface area contributed by atoms with Gasteiger partial charge in [0.15, 0.2) is 0 Å². The summed E-state index contributed by atoms with van der Waals surface area (Å²) in [4.78, 5) is 0. The Labute approximate surface area is 97.5 Å². The standard InChI is InChI=1S/C12H23N3O/c1-11(2,3)10-6-9(15(5)14-10)7-12(4,13)8-16/h6,16H,7-8,13H2,1-5H3. The van der Waals surface area contributed by atoms with Crippen molar-refractivity contribution in [1.29, 1.82) is 0 Å². The summed E-state index contributed by atoms with van der Waals surface area (Å²) in [6.45, 7) is 8.21. The first kappa shape index (κ1) is 13.2. The quantitative estimate of drug-likeness (QED) is 0.805. The SMILES string of the molecule is Cn1nc(C(C)(C)C)cc1CC(C)(N)CO. The Bertz CT molecular complexity index is 361. The number of nitrogens with zero attached hydrogens (tertiary/aromatic N) is 2. The van der Waals surface area contributed by atoms with Crippen LogP contribution in [0.15, 0.2) is 6.07 Å². The van der Waals surface area contributed by atoms with Gasteiger partial charge in [0.25, 0.3) is 0 Å². The van der Waals surface area contributed by atoms with Crippen molar-refractivity contribution in [3.05, 3.63) is 17.5 Å². The molecule has 0 aliphatic rings. The molecule has 0 aliphatic heterocycles. The van der Waals surface area contributed by atoms with E-state index in [1.54, 1.807) is 0 Å². The summed E-state index contributed by atoms with van der Waals surface area (Å²) in [5, 5.41) is 13.6. The monoisotopic (exact) mass is 225 g/mol. The van der Waals surface area contributed by atoms with Gasteiger partial charge in [-0.3, -0.25) is 4.68 Å². The van der Waals surface area contributed by atoms with Crippen LogP contribution in [0.4, 0.5) is 0 Å². The van der Waals surface area contributed by atoms with Gasteiger partial charge in [0.2, 0.25) is 0 Å². The van der Waals surface area contributed by atoms with Crippen LogP contribution in [0.25, 0.3) is 0 Å². The number of hydrogen-bond donors (Lipinski definition) is 2. The first-order valence-electron chi connectivity index (χ1n) is 5.59. The lowest BCUT2D eigenvalue weighted by Crippen LogP contribution is -2.42. The first-order chi connectivity index (χ1) is 7.15. The van der Waals surface area contributed by atoms with E-state index < -0.39 is 5.54 Å². The molecule has 1 rings (SSSR count). The summed E-state index contributed by atoms with van der Waals surface area (Å²) in [5.74, 6) is 0. The van der Waals surface area contributed by atoms with Gasteiger partial charge in [0.1, 0.15) is 0 Å². The van der Waals surface area contributed by atoms with Crippen molar-refractivity contribution in [2.75, 3.05) is 6.61 Å². The molecule has 0 spiro atoms.